The van der Waals surface area contributed by atoms with E-state index in [1.165, 1.54) is 145 Å². The molecule has 1 fully saturated rings. The second kappa shape index (κ2) is 12.7. The van der Waals surface area contributed by atoms with E-state index >= 15 is 0 Å². The van der Waals surface area contributed by atoms with Crippen LogP contribution < -0.4 is 15.7 Å². The maximum Gasteiger partial charge on any atom is 0.328 e. The van der Waals surface area contributed by atoms with Crippen molar-refractivity contribution < 1.29 is 0 Å². The fourth-order valence-corrected chi connectivity index (χ4v) is 15.1. The normalized spacial score (nSPS) is 20.0. The lowest BCUT2D eigenvalue weighted by atomic mass is 9.42. The quantitative estimate of drug-likeness (QED) is 0.150. The summed E-state index contributed by atoms with van der Waals surface area (Å²) in [4.78, 5) is 3.06. The Balaban J connectivity index is 1.24. The third-order valence-corrected chi connectivity index (χ3v) is 18.8. The van der Waals surface area contributed by atoms with Gasteiger partial charge < -0.3 is 13.9 Å². The Bertz CT molecular complexity index is 3860. The maximum atomic E-state index is 3.06. The van der Waals surface area contributed by atoms with Crippen LogP contribution in [0.2, 0.25) is 0 Å². The molecular weight excluding hydrogens is 830 g/mol. The van der Waals surface area contributed by atoms with Crippen molar-refractivity contribution in [1.82, 2.24) is 9.13 Å². The standard InChI is InChI=1S/C62H60BN3S/c1-58(2,3)35-23-25-46-40(29-35)42-33-45-57-52(55(42)64(46)38-19-13-12-14-20-38)44-30-36(59(4,5)6)24-26-47(44)65(57)48-32-37(60(7,8)9)31-41-43-34-50-51(39-21-15-16-22-49(39)67-50)53-56(43)66(63(45)54(41)48)62(11)28-18-17-27-61(53,62)10/h12-16,19-26,29-34H,17-18,27-28H2,1-11H3. The molecule has 0 radical (unpaired) electrons. The van der Waals surface area contributed by atoms with Crippen LogP contribution in [0.1, 0.15) is 124 Å². The summed E-state index contributed by atoms with van der Waals surface area (Å²) in [6.07, 6.45) is 4.89. The Hall–Kier alpha value is -5.78. The Kier molecular flexibility index (Phi) is 7.61. The Morgan fingerprint density at radius 3 is 1.91 bits per heavy atom. The number of anilines is 1. The average molecular weight is 890 g/mol. The molecule has 4 aliphatic rings. The molecule has 3 aromatic heterocycles. The molecule has 3 nitrogen and oxygen atoms in total. The lowest BCUT2D eigenvalue weighted by molar-refractivity contribution is 0.200. The predicted molar refractivity (Wildman–Crippen MR) is 291 cm³/mol. The van der Waals surface area contributed by atoms with Crippen molar-refractivity contribution >= 4 is 98.6 Å². The zero-order valence-electron chi connectivity index (χ0n) is 41.1. The number of benzene rings is 7. The van der Waals surface area contributed by atoms with Gasteiger partial charge in [0, 0.05) is 75.3 Å². The van der Waals surface area contributed by atoms with E-state index < -0.39 is 0 Å². The molecule has 2 unspecified atom stereocenters. The zero-order chi connectivity index (χ0) is 46.1. The van der Waals surface area contributed by atoms with E-state index in [4.69, 9.17) is 0 Å². The minimum absolute atomic E-state index is 0.000192. The summed E-state index contributed by atoms with van der Waals surface area (Å²) in [5.41, 5.74) is 20.6. The van der Waals surface area contributed by atoms with Crippen LogP contribution in [0.3, 0.4) is 0 Å². The molecule has 1 aliphatic carbocycles. The first kappa shape index (κ1) is 40.3. The summed E-state index contributed by atoms with van der Waals surface area (Å²) in [5, 5.41) is 8.35. The van der Waals surface area contributed by atoms with E-state index in [-0.39, 0.29) is 34.0 Å². The number of hydrogen-bond acceptors (Lipinski definition) is 2. The van der Waals surface area contributed by atoms with Crippen LogP contribution in [0.4, 0.5) is 5.69 Å². The molecule has 0 N–H and O–H groups in total. The van der Waals surface area contributed by atoms with Gasteiger partial charge in [0.05, 0.1) is 22.1 Å². The van der Waals surface area contributed by atoms with Crippen LogP contribution >= 0.6 is 11.3 Å². The number of hydrogen-bond donors (Lipinski definition) is 0. The van der Waals surface area contributed by atoms with Crippen LogP contribution in [-0.2, 0) is 21.7 Å². The van der Waals surface area contributed by atoms with Crippen molar-refractivity contribution in [3.8, 4) is 22.5 Å². The van der Waals surface area contributed by atoms with Crippen molar-refractivity contribution in [3.63, 3.8) is 0 Å². The first-order valence-corrected chi connectivity index (χ1v) is 25.8. The molecule has 0 amide bonds. The first-order chi connectivity index (χ1) is 31.9. The van der Waals surface area contributed by atoms with Crippen LogP contribution in [0.5, 0.6) is 0 Å². The molecule has 67 heavy (non-hydrogen) atoms. The van der Waals surface area contributed by atoms with Gasteiger partial charge in [0.15, 0.2) is 0 Å². The Labute approximate surface area is 399 Å². The van der Waals surface area contributed by atoms with Crippen LogP contribution in [0.25, 0.3) is 86.3 Å². The maximum absolute atomic E-state index is 3.06. The second-order valence-electron chi connectivity index (χ2n) is 24.5. The molecule has 3 aliphatic heterocycles. The Morgan fingerprint density at radius 1 is 0.537 bits per heavy atom. The van der Waals surface area contributed by atoms with Gasteiger partial charge >= 0.3 is 6.85 Å². The minimum atomic E-state index is -0.103. The number of nitrogens with zero attached hydrogens (tertiary/aromatic N) is 3. The van der Waals surface area contributed by atoms with Gasteiger partial charge in [-0.3, -0.25) is 0 Å². The first-order valence-electron chi connectivity index (χ1n) is 25.0. The molecule has 1 saturated carbocycles. The lowest BCUT2D eigenvalue weighted by Crippen LogP contribution is -2.70. The highest BCUT2D eigenvalue weighted by molar-refractivity contribution is 7.26. The summed E-state index contributed by atoms with van der Waals surface area (Å²) >= 11 is 2.00. The van der Waals surface area contributed by atoms with Crippen LogP contribution in [0.15, 0.2) is 115 Å². The van der Waals surface area contributed by atoms with Gasteiger partial charge in [-0.2, -0.15) is 0 Å². The smallest absolute Gasteiger partial charge is 0.328 e. The van der Waals surface area contributed by atoms with E-state index in [0.717, 1.165) is 0 Å². The van der Waals surface area contributed by atoms with Gasteiger partial charge in [-0.1, -0.05) is 143 Å². The van der Waals surface area contributed by atoms with E-state index in [9.17, 15) is 0 Å². The van der Waals surface area contributed by atoms with Gasteiger partial charge in [0.1, 0.15) is 0 Å². The molecule has 0 saturated heterocycles. The van der Waals surface area contributed by atoms with Gasteiger partial charge in [0.2, 0.25) is 0 Å². The fraction of sp³-hybridized carbons (Fsp3) is 0.323. The van der Waals surface area contributed by atoms with Crippen molar-refractivity contribution in [2.24, 2.45) is 0 Å². The third-order valence-electron chi connectivity index (χ3n) is 17.7. The van der Waals surface area contributed by atoms with Crippen LogP contribution in [0, 0.1) is 0 Å². The monoisotopic (exact) mass is 889 g/mol. The molecule has 5 heteroatoms. The second-order valence-corrected chi connectivity index (χ2v) is 25.6. The van der Waals surface area contributed by atoms with E-state index in [1.54, 1.807) is 5.56 Å². The highest BCUT2D eigenvalue weighted by Gasteiger charge is 2.63. The van der Waals surface area contributed by atoms with E-state index in [1.807, 2.05) is 11.3 Å². The summed E-state index contributed by atoms with van der Waals surface area (Å²) in [7, 11) is 0. The van der Waals surface area contributed by atoms with Gasteiger partial charge in [0.25, 0.3) is 0 Å². The van der Waals surface area contributed by atoms with Crippen molar-refractivity contribution in [2.45, 2.75) is 129 Å². The van der Waals surface area contributed by atoms with Crippen LogP contribution in [-0.4, -0.2) is 21.5 Å². The van der Waals surface area contributed by atoms with Gasteiger partial charge in [-0.25, -0.2) is 0 Å². The molecule has 7 aromatic carbocycles. The molecule has 14 rings (SSSR count). The van der Waals surface area contributed by atoms with Crippen molar-refractivity contribution in [1.29, 1.82) is 0 Å². The van der Waals surface area contributed by atoms with Gasteiger partial charge in [-0.05, 0) is 129 Å². The molecule has 332 valence electrons. The highest BCUT2D eigenvalue weighted by Crippen LogP contribution is 2.65. The number of aromatic nitrogens is 2. The molecule has 2 atom stereocenters. The summed E-state index contributed by atoms with van der Waals surface area (Å²) < 4.78 is 8.18. The zero-order valence-corrected chi connectivity index (χ0v) is 41.9. The number of fused-ring (bicyclic) bond motifs is 18. The third kappa shape index (κ3) is 4.94. The Morgan fingerprint density at radius 2 is 1.19 bits per heavy atom. The fourth-order valence-electron chi connectivity index (χ4n) is 14.0. The SMILES string of the molecule is CC(C)(C)c1cc2c3c(c1)-n1c4ccc(C(C)(C)C)cc4c4c1c(cc1c5cc(C(C)(C)C)ccc5n(-c5ccccc5)c14)B3N1c3c-2cc2sc4ccccc4c2c3C2(C)CCCCC12C. The molecule has 0 bridgehead atoms. The minimum Gasteiger partial charge on any atom is -0.400 e. The summed E-state index contributed by atoms with van der Waals surface area (Å²) in [6, 6.07) is 45.8. The number of thiophene rings is 1. The largest absolute Gasteiger partial charge is 0.400 e. The number of rotatable bonds is 1. The highest BCUT2D eigenvalue weighted by atomic mass is 32.1. The summed E-state index contributed by atoms with van der Waals surface area (Å²) in [6.45, 7) is 26.8. The lowest BCUT2D eigenvalue weighted by Gasteiger charge is -2.54. The van der Waals surface area contributed by atoms with E-state index in [2.05, 4.69) is 205 Å². The van der Waals surface area contributed by atoms with Crippen molar-refractivity contribution in [2.75, 3.05) is 4.81 Å². The van der Waals surface area contributed by atoms with Gasteiger partial charge in [-0.15, -0.1) is 11.3 Å². The molecule has 0 spiro atoms. The predicted octanol–water partition coefficient (Wildman–Crippen LogP) is 15.7. The van der Waals surface area contributed by atoms with Crippen molar-refractivity contribution in [3.05, 3.63) is 138 Å². The average Bonchev–Trinajstić information content (AvgIpc) is 3.99. The molecule has 6 heterocycles. The summed E-state index contributed by atoms with van der Waals surface area (Å²) in [5.74, 6) is 0. The van der Waals surface area contributed by atoms with E-state index in [0.29, 0.717) is 0 Å². The molecule has 10 aromatic rings. The molecular formula is C62H60BN3S. The number of para-hydroxylation sites is 1. The topological polar surface area (TPSA) is 13.1 Å².